The van der Waals surface area contributed by atoms with E-state index >= 15 is 0 Å². The highest BCUT2D eigenvalue weighted by molar-refractivity contribution is 7.99. The van der Waals surface area contributed by atoms with Crippen LogP contribution in [0.1, 0.15) is 11.3 Å². The summed E-state index contributed by atoms with van der Waals surface area (Å²) < 4.78 is 5.82. The van der Waals surface area contributed by atoms with Gasteiger partial charge in [0, 0.05) is 28.2 Å². The largest absolute Gasteiger partial charge is 0.450 e. The van der Waals surface area contributed by atoms with Gasteiger partial charge in [0.1, 0.15) is 17.4 Å². The maximum atomic E-state index is 12.4. The van der Waals surface area contributed by atoms with E-state index in [1.54, 1.807) is 18.3 Å². The van der Waals surface area contributed by atoms with Gasteiger partial charge in [0.25, 0.3) is 5.91 Å². The van der Waals surface area contributed by atoms with Crippen LogP contribution in [0.15, 0.2) is 92.9 Å². The van der Waals surface area contributed by atoms with Gasteiger partial charge in [0.05, 0.1) is 5.52 Å². The first kappa shape index (κ1) is 19.5. The van der Waals surface area contributed by atoms with Gasteiger partial charge >= 0.3 is 0 Å². The Morgan fingerprint density at radius 3 is 2.80 bits per heavy atom. The van der Waals surface area contributed by atoms with E-state index in [0.717, 1.165) is 21.4 Å². The molecule has 30 heavy (non-hydrogen) atoms. The molecular formula is C24H17N3O2S. The van der Waals surface area contributed by atoms with Crippen molar-refractivity contribution in [2.24, 2.45) is 0 Å². The molecule has 0 fully saturated rings. The van der Waals surface area contributed by atoms with Gasteiger partial charge in [-0.05, 0) is 60.6 Å². The number of aryl methyl sites for hydroxylation is 1. The van der Waals surface area contributed by atoms with Crippen molar-refractivity contribution in [3.8, 4) is 6.07 Å². The van der Waals surface area contributed by atoms with Crippen LogP contribution in [0, 0.1) is 18.3 Å². The van der Waals surface area contributed by atoms with Crippen molar-refractivity contribution in [2.75, 3.05) is 5.32 Å². The van der Waals surface area contributed by atoms with E-state index in [0.29, 0.717) is 16.5 Å². The molecule has 146 valence electrons. The summed E-state index contributed by atoms with van der Waals surface area (Å²) in [6.45, 7) is 1.93. The third kappa shape index (κ3) is 4.43. The first-order valence-electron chi connectivity index (χ1n) is 9.23. The Balaban J connectivity index is 1.53. The Labute approximate surface area is 178 Å². The minimum Gasteiger partial charge on any atom is -0.450 e. The van der Waals surface area contributed by atoms with Crippen LogP contribution in [0.25, 0.3) is 17.0 Å². The number of aromatic nitrogens is 1. The lowest BCUT2D eigenvalue weighted by molar-refractivity contribution is -0.112. The lowest BCUT2D eigenvalue weighted by atomic mass is 10.2. The van der Waals surface area contributed by atoms with Crippen molar-refractivity contribution in [2.45, 2.75) is 16.9 Å². The topological polar surface area (TPSA) is 78.9 Å². The SMILES string of the molecule is Cc1cccc(NC(=O)/C(C#N)=C/c2ccc(Sc3cccc4cccnc34)o2)c1. The number of nitrogens with zero attached hydrogens (tertiary/aromatic N) is 2. The molecule has 0 aliphatic rings. The van der Waals surface area contributed by atoms with Gasteiger partial charge in [-0.3, -0.25) is 9.78 Å². The van der Waals surface area contributed by atoms with E-state index < -0.39 is 5.91 Å². The average Bonchev–Trinajstić information content (AvgIpc) is 3.19. The maximum absolute atomic E-state index is 12.4. The highest BCUT2D eigenvalue weighted by Crippen LogP contribution is 2.33. The second kappa shape index (κ2) is 8.68. The molecule has 0 spiro atoms. The Morgan fingerprint density at radius 1 is 1.13 bits per heavy atom. The Bertz CT molecular complexity index is 1300. The normalized spacial score (nSPS) is 11.3. The summed E-state index contributed by atoms with van der Waals surface area (Å²) in [7, 11) is 0. The minimum atomic E-state index is -0.480. The van der Waals surface area contributed by atoms with Gasteiger partial charge in [-0.15, -0.1) is 0 Å². The first-order chi connectivity index (χ1) is 14.6. The number of rotatable bonds is 5. The predicted octanol–water partition coefficient (Wildman–Crippen LogP) is 5.83. The Morgan fingerprint density at radius 2 is 1.97 bits per heavy atom. The number of carbonyl (C=O) groups is 1. The number of pyridine rings is 1. The molecule has 0 bridgehead atoms. The number of carbonyl (C=O) groups excluding carboxylic acids is 1. The molecule has 0 unspecified atom stereocenters. The third-order valence-electron chi connectivity index (χ3n) is 4.34. The number of hydrogen-bond acceptors (Lipinski definition) is 5. The number of amides is 1. The molecule has 5 nitrogen and oxygen atoms in total. The molecule has 0 saturated heterocycles. The predicted molar refractivity (Wildman–Crippen MR) is 118 cm³/mol. The quantitative estimate of drug-likeness (QED) is 0.330. The zero-order valence-corrected chi connectivity index (χ0v) is 16.9. The fourth-order valence-electron chi connectivity index (χ4n) is 2.95. The molecule has 2 heterocycles. The van der Waals surface area contributed by atoms with Crippen LogP contribution in [-0.2, 0) is 4.79 Å². The summed E-state index contributed by atoms with van der Waals surface area (Å²) in [5, 5.41) is 13.9. The van der Waals surface area contributed by atoms with E-state index in [1.807, 2.05) is 67.6 Å². The molecule has 6 heteroatoms. The first-order valence-corrected chi connectivity index (χ1v) is 10.1. The smallest absolute Gasteiger partial charge is 0.266 e. The second-order valence-corrected chi connectivity index (χ2v) is 7.63. The Hall–Kier alpha value is -3.82. The Kier molecular flexibility index (Phi) is 5.64. The van der Waals surface area contributed by atoms with Crippen LogP contribution in [0.2, 0.25) is 0 Å². The van der Waals surface area contributed by atoms with Crippen LogP contribution in [0.5, 0.6) is 0 Å². The molecule has 1 amide bonds. The highest BCUT2D eigenvalue weighted by Gasteiger charge is 2.12. The maximum Gasteiger partial charge on any atom is 0.266 e. The summed E-state index contributed by atoms with van der Waals surface area (Å²) in [5.41, 5.74) is 2.52. The van der Waals surface area contributed by atoms with E-state index in [1.165, 1.54) is 17.8 Å². The molecule has 1 N–H and O–H groups in total. The third-order valence-corrected chi connectivity index (χ3v) is 5.31. The van der Waals surface area contributed by atoms with Gasteiger partial charge in [0.15, 0.2) is 5.09 Å². The standard InChI is InChI=1S/C24H17N3O2S/c1-16-5-2-8-19(13-16)27-24(28)18(15-25)14-20-10-11-22(29-20)30-21-9-3-6-17-7-4-12-26-23(17)21/h2-14H,1H3,(H,27,28)/b18-14+. The summed E-state index contributed by atoms with van der Waals surface area (Å²) in [6, 6.07) is 22.8. The lowest BCUT2D eigenvalue weighted by Gasteiger charge is -2.04. The van der Waals surface area contributed by atoms with Gasteiger partial charge in [-0.25, -0.2) is 0 Å². The summed E-state index contributed by atoms with van der Waals surface area (Å²) in [5.74, 6) is -0.0476. The molecule has 0 atom stereocenters. The molecule has 2 aromatic heterocycles. The van der Waals surface area contributed by atoms with E-state index in [9.17, 15) is 10.1 Å². The zero-order valence-electron chi connectivity index (χ0n) is 16.1. The number of benzene rings is 2. The molecule has 0 aliphatic heterocycles. The fourth-order valence-corrected chi connectivity index (χ4v) is 3.85. The number of anilines is 1. The van der Waals surface area contributed by atoms with E-state index in [2.05, 4.69) is 10.3 Å². The summed E-state index contributed by atoms with van der Waals surface area (Å²) in [4.78, 5) is 17.9. The zero-order chi connectivity index (χ0) is 20.9. The molecule has 4 aromatic rings. The molecular weight excluding hydrogens is 394 g/mol. The van der Waals surface area contributed by atoms with Gasteiger partial charge < -0.3 is 9.73 Å². The average molecular weight is 411 g/mol. The number of furan rings is 1. The molecule has 0 aliphatic carbocycles. The van der Waals surface area contributed by atoms with Gasteiger partial charge in [0.2, 0.25) is 0 Å². The van der Waals surface area contributed by atoms with Crippen molar-refractivity contribution in [3.63, 3.8) is 0 Å². The van der Waals surface area contributed by atoms with Crippen molar-refractivity contribution in [1.29, 1.82) is 5.26 Å². The van der Waals surface area contributed by atoms with Gasteiger partial charge in [-0.1, -0.05) is 30.3 Å². The molecule has 0 radical (unpaired) electrons. The van der Waals surface area contributed by atoms with Crippen LogP contribution in [-0.4, -0.2) is 10.9 Å². The minimum absolute atomic E-state index is 0.0331. The van der Waals surface area contributed by atoms with Crippen LogP contribution in [0.3, 0.4) is 0 Å². The van der Waals surface area contributed by atoms with Crippen LogP contribution in [0.4, 0.5) is 5.69 Å². The van der Waals surface area contributed by atoms with Crippen molar-refractivity contribution < 1.29 is 9.21 Å². The van der Waals surface area contributed by atoms with Crippen LogP contribution >= 0.6 is 11.8 Å². The molecule has 2 aromatic carbocycles. The number of nitrogens with one attached hydrogen (secondary N) is 1. The summed E-state index contributed by atoms with van der Waals surface area (Å²) >= 11 is 1.44. The number of para-hydroxylation sites is 1. The highest BCUT2D eigenvalue weighted by atomic mass is 32.2. The van der Waals surface area contributed by atoms with Crippen LogP contribution < -0.4 is 5.32 Å². The van der Waals surface area contributed by atoms with Crippen molar-refractivity contribution >= 4 is 40.3 Å². The van der Waals surface area contributed by atoms with E-state index in [-0.39, 0.29) is 5.57 Å². The molecule has 4 rings (SSSR count). The van der Waals surface area contributed by atoms with Crippen molar-refractivity contribution in [3.05, 3.63) is 89.8 Å². The number of hydrogen-bond donors (Lipinski definition) is 1. The lowest BCUT2D eigenvalue weighted by Crippen LogP contribution is -2.13. The number of nitriles is 1. The van der Waals surface area contributed by atoms with Crippen molar-refractivity contribution in [1.82, 2.24) is 4.98 Å². The van der Waals surface area contributed by atoms with Gasteiger partial charge in [-0.2, -0.15) is 5.26 Å². The van der Waals surface area contributed by atoms with E-state index in [4.69, 9.17) is 4.42 Å². The monoisotopic (exact) mass is 411 g/mol. The fraction of sp³-hybridized carbons (Fsp3) is 0.0417. The summed E-state index contributed by atoms with van der Waals surface area (Å²) in [6.07, 6.45) is 3.20. The number of fused-ring (bicyclic) bond motifs is 1. The molecule has 0 saturated carbocycles. The second-order valence-electron chi connectivity index (χ2n) is 6.58.